The summed E-state index contributed by atoms with van der Waals surface area (Å²) < 4.78 is 23.4. The van der Waals surface area contributed by atoms with Crippen molar-refractivity contribution >= 4 is 0 Å². The third kappa shape index (κ3) is 5.15. The minimum absolute atomic E-state index is 0.193. The SMILES string of the molecule is COCCNCCCc1ccc(OC)cc1F. The van der Waals surface area contributed by atoms with Gasteiger partial charge >= 0.3 is 0 Å². The molecule has 3 nitrogen and oxygen atoms in total. The van der Waals surface area contributed by atoms with Gasteiger partial charge in [0.2, 0.25) is 0 Å². The zero-order chi connectivity index (χ0) is 12.5. The molecule has 1 rings (SSSR count). The average Bonchev–Trinajstić information content (AvgIpc) is 2.35. The number of hydrogen-bond acceptors (Lipinski definition) is 3. The Labute approximate surface area is 102 Å². The van der Waals surface area contributed by atoms with Crippen molar-refractivity contribution in [3.8, 4) is 5.75 Å². The second-order valence-corrected chi connectivity index (χ2v) is 3.80. The van der Waals surface area contributed by atoms with Crippen LogP contribution in [0.15, 0.2) is 18.2 Å². The lowest BCUT2D eigenvalue weighted by Gasteiger charge is -2.06. The molecule has 0 amide bonds. The molecule has 0 aliphatic rings. The van der Waals surface area contributed by atoms with E-state index in [0.717, 1.165) is 31.5 Å². The van der Waals surface area contributed by atoms with Crippen molar-refractivity contribution in [1.29, 1.82) is 0 Å². The maximum absolute atomic E-state index is 13.5. The molecule has 0 aliphatic carbocycles. The number of nitrogens with one attached hydrogen (secondary N) is 1. The molecule has 1 aromatic rings. The van der Waals surface area contributed by atoms with Gasteiger partial charge in [0.05, 0.1) is 13.7 Å². The molecule has 17 heavy (non-hydrogen) atoms. The summed E-state index contributed by atoms with van der Waals surface area (Å²) in [6.45, 7) is 2.41. The molecule has 1 aromatic carbocycles. The molecule has 0 unspecified atom stereocenters. The Morgan fingerprint density at radius 1 is 1.24 bits per heavy atom. The van der Waals surface area contributed by atoms with Crippen molar-refractivity contribution in [2.75, 3.05) is 33.9 Å². The van der Waals surface area contributed by atoms with Gasteiger partial charge in [-0.1, -0.05) is 6.07 Å². The van der Waals surface area contributed by atoms with Crippen molar-refractivity contribution in [3.63, 3.8) is 0 Å². The molecule has 0 fully saturated rings. The Hall–Kier alpha value is -1.13. The number of benzene rings is 1. The van der Waals surface area contributed by atoms with Crippen LogP contribution in [0.25, 0.3) is 0 Å². The second-order valence-electron chi connectivity index (χ2n) is 3.80. The van der Waals surface area contributed by atoms with Gasteiger partial charge in [0.25, 0.3) is 0 Å². The predicted octanol–water partition coefficient (Wildman–Crippen LogP) is 2.00. The van der Waals surface area contributed by atoms with Crippen molar-refractivity contribution in [3.05, 3.63) is 29.6 Å². The second kappa shape index (κ2) is 8.03. The molecule has 0 heterocycles. The lowest BCUT2D eigenvalue weighted by Crippen LogP contribution is -2.20. The fourth-order valence-electron chi connectivity index (χ4n) is 1.56. The largest absolute Gasteiger partial charge is 0.497 e. The molecule has 0 saturated heterocycles. The van der Waals surface area contributed by atoms with E-state index in [2.05, 4.69) is 5.32 Å². The molecule has 0 atom stereocenters. The quantitative estimate of drug-likeness (QED) is 0.706. The van der Waals surface area contributed by atoms with Crippen LogP contribution >= 0.6 is 0 Å². The van der Waals surface area contributed by atoms with Crippen LogP contribution in [0.2, 0.25) is 0 Å². The number of hydrogen-bond donors (Lipinski definition) is 1. The van der Waals surface area contributed by atoms with E-state index in [1.807, 2.05) is 0 Å². The van der Waals surface area contributed by atoms with Gasteiger partial charge < -0.3 is 14.8 Å². The van der Waals surface area contributed by atoms with Crippen LogP contribution in [0.1, 0.15) is 12.0 Å². The number of halogens is 1. The molecular weight excluding hydrogens is 221 g/mol. The van der Waals surface area contributed by atoms with Gasteiger partial charge in [0.1, 0.15) is 11.6 Å². The molecule has 0 spiro atoms. The van der Waals surface area contributed by atoms with E-state index < -0.39 is 0 Å². The van der Waals surface area contributed by atoms with Crippen molar-refractivity contribution < 1.29 is 13.9 Å². The third-order valence-corrected chi connectivity index (χ3v) is 2.54. The van der Waals surface area contributed by atoms with E-state index >= 15 is 0 Å². The first-order chi connectivity index (χ1) is 8.27. The Morgan fingerprint density at radius 3 is 2.71 bits per heavy atom. The van der Waals surface area contributed by atoms with Crippen LogP contribution in [0.5, 0.6) is 5.75 Å². The van der Waals surface area contributed by atoms with E-state index in [4.69, 9.17) is 9.47 Å². The normalized spacial score (nSPS) is 10.5. The minimum atomic E-state index is -0.193. The number of aryl methyl sites for hydroxylation is 1. The zero-order valence-corrected chi connectivity index (χ0v) is 10.5. The summed E-state index contributed by atoms with van der Waals surface area (Å²) in [5.74, 6) is 0.366. The fourth-order valence-corrected chi connectivity index (χ4v) is 1.56. The Bertz CT molecular complexity index is 331. The molecule has 96 valence electrons. The van der Waals surface area contributed by atoms with Crippen LogP contribution in [0.4, 0.5) is 4.39 Å². The molecule has 0 saturated carbocycles. The highest BCUT2D eigenvalue weighted by atomic mass is 19.1. The van der Waals surface area contributed by atoms with Crippen molar-refractivity contribution in [2.24, 2.45) is 0 Å². The lowest BCUT2D eigenvalue weighted by molar-refractivity contribution is 0.199. The molecule has 0 bridgehead atoms. The Kier molecular flexibility index (Phi) is 6.58. The van der Waals surface area contributed by atoms with Crippen LogP contribution < -0.4 is 10.1 Å². The standard InChI is InChI=1S/C13H20FNO2/c1-16-9-8-15-7-3-4-11-5-6-12(17-2)10-13(11)14/h5-6,10,15H,3-4,7-9H2,1-2H3. The molecule has 4 heteroatoms. The zero-order valence-electron chi connectivity index (χ0n) is 10.5. The third-order valence-electron chi connectivity index (χ3n) is 2.54. The maximum Gasteiger partial charge on any atom is 0.130 e. The molecule has 0 aliphatic heterocycles. The van der Waals surface area contributed by atoms with Crippen molar-refractivity contribution in [1.82, 2.24) is 5.32 Å². The van der Waals surface area contributed by atoms with Gasteiger partial charge in [0, 0.05) is 19.7 Å². The van der Waals surface area contributed by atoms with Gasteiger partial charge in [-0.05, 0) is 31.0 Å². The van der Waals surface area contributed by atoms with Gasteiger partial charge in [-0.25, -0.2) is 4.39 Å². The van der Waals surface area contributed by atoms with E-state index in [1.165, 1.54) is 13.2 Å². The van der Waals surface area contributed by atoms with Crippen molar-refractivity contribution in [2.45, 2.75) is 12.8 Å². The first-order valence-electron chi connectivity index (χ1n) is 5.80. The Balaban J connectivity index is 2.27. The minimum Gasteiger partial charge on any atom is -0.497 e. The summed E-state index contributed by atoms with van der Waals surface area (Å²) >= 11 is 0. The van der Waals surface area contributed by atoms with E-state index in [-0.39, 0.29) is 5.82 Å². The summed E-state index contributed by atoms with van der Waals surface area (Å²) in [6, 6.07) is 4.99. The maximum atomic E-state index is 13.5. The smallest absolute Gasteiger partial charge is 0.130 e. The van der Waals surface area contributed by atoms with Gasteiger partial charge in [-0.2, -0.15) is 0 Å². The predicted molar refractivity (Wildman–Crippen MR) is 66.0 cm³/mol. The number of rotatable bonds is 8. The Morgan fingerprint density at radius 2 is 2.06 bits per heavy atom. The summed E-state index contributed by atoms with van der Waals surface area (Å²) in [5.41, 5.74) is 0.736. The number of ether oxygens (including phenoxy) is 2. The number of methoxy groups -OCH3 is 2. The molecule has 1 N–H and O–H groups in total. The van der Waals surface area contributed by atoms with Crippen LogP contribution in [-0.4, -0.2) is 33.9 Å². The molecule has 0 radical (unpaired) electrons. The highest BCUT2D eigenvalue weighted by molar-refractivity contribution is 5.28. The molecule has 0 aromatic heterocycles. The van der Waals surface area contributed by atoms with Gasteiger partial charge in [-0.3, -0.25) is 0 Å². The fraction of sp³-hybridized carbons (Fsp3) is 0.538. The highest BCUT2D eigenvalue weighted by Crippen LogP contribution is 2.17. The summed E-state index contributed by atoms with van der Waals surface area (Å²) in [6.07, 6.45) is 1.64. The monoisotopic (exact) mass is 241 g/mol. The van der Waals surface area contributed by atoms with Gasteiger partial charge in [0.15, 0.2) is 0 Å². The first-order valence-corrected chi connectivity index (χ1v) is 5.80. The van der Waals surface area contributed by atoms with Gasteiger partial charge in [-0.15, -0.1) is 0 Å². The lowest BCUT2D eigenvalue weighted by atomic mass is 10.1. The highest BCUT2D eigenvalue weighted by Gasteiger charge is 2.03. The first kappa shape index (κ1) is 13.9. The van der Waals surface area contributed by atoms with Crippen LogP contribution in [0, 0.1) is 5.82 Å². The van der Waals surface area contributed by atoms with E-state index in [0.29, 0.717) is 12.4 Å². The van der Waals surface area contributed by atoms with E-state index in [9.17, 15) is 4.39 Å². The van der Waals surface area contributed by atoms with Crippen LogP contribution in [0.3, 0.4) is 0 Å². The van der Waals surface area contributed by atoms with E-state index in [1.54, 1.807) is 19.2 Å². The van der Waals surface area contributed by atoms with Crippen LogP contribution in [-0.2, 0) is 11.2 Å². The summed E-state index contributed by atoms with van der Waals surface area (Å²) in [5, 5.41) is 3.23. The molecular formula is C13H20FNO2. The topological polar surface area (TPSA) is 30.5 Å². The summed E-state index contributed by atoms with van der Waals surface area (Å²) in [7, 11) is 3.21. The average molecular weight is 241 g/mol. The summed E-state index contributed by atoms with van der Waals surface area (Å²) in [4.78, 5) is 0.